The molecule has 0 radical (unpaired) electrons. The van der Waals surface area contributed by atoms with Crippen molar-refractivity contribution in [2.75, 3.05) is 5.43 Å². The lowest BCUT2D eigenvalue weighted by atomic mass is 9.86. The Morgan fingerprint density at radius 1 is 1.09 bits per heavy atom. The molecule has 2 aliphatic rings. The highest BCUT2D eigenvalue weighted by molar-refractivity contribution is 6.35. The number of halogens is 7. The monoisotopic (exact) mass is 509 g/mol. The van der Waals surface area contributed by atoms with Crippen molar-refractivity contribution in [3.8, 4) is 0 Å². The first-order valence-corrected chi connectivity index (χ1v) is 10.5. The molecule has 0 bridgehead atoms. The number of amides is 1. The van der Waals surface area contributed by atoms with Gasteiger partial charge in [0.15, 0.2) is 5.82 Å². The van der Waals surface area contributed by atoms with Gasteiger partial charge in [0.1, 0.15) is 0 Å². The van der Waals surface area contributed by atoms with Gasteiger partial charge in [-0.2, -0.15) is 13.2 Å². The summed E-state index contributed by atoms with van der Waals surface area (Å²) in [6.07, 6.45) is -4.04. The zero-order chi connectivity index (χ0) is 23.3. The number of carbonyl (C=O) groups is 1. The summed E-state index contributed by atoms with van der Waals surface area (Å²) >= 11 is 17.5. The van der Waals surface area contributed by atoms with Gasteiger partial charge in [-0.05, 0) is 37.1 Å². The number of rotatable bonds is 5. The molecule has 2 aromatic rings. The molecule has 4 rings (SSSR count). The number of benzene rings is 2. The number of hydrogen-bond acceptors (Lipinski definition) is 4. The molecule has 1 amide bonds. The van der Waals surface area contributed by atoms with Crippen LogP contribution in [0.4, 0.5) is 23.2 Å². The zero-order valence-corrected chi connectivity index (χ0v) is 18.3. The number of hydrogen-bond donors (Lipinski definition) is 2. The van der Waals surface area contributed by atoms with E-state index in [-0.39, 0.29) is 33.8 Å². The van der Waals surface area contributed by atoms with E-state index in [0.717, 1.165) is 25.0 Å². The largest absolute Gasteiger partial charge is 0.435 e. The highest BCUT2D eigenvalue weighted by Gasteiger charge is 2.62. The van der Waals surface area contributed by atoms with Crippen LogP contribution < -0.4 is 10.9 Å². The second-order valence-corrected chi connectivity index (χ2v) is 8.69. The molecule has 0 aromatic heterocycles. The van der Waals surface area contributed by atoms with Crippen molar-refractivity contribution < 1.29 is 27.2 Å². The van der Waals surface area contributed by atoms with Crippen molar-refractivity contribution in [3.63, 3.8) is 0 Å². The molecule has 32 heavy (non-hydrogen) atoms. The second-order valence-electron chi connectivity index (χ2n) is 7.47. The van der Waals surface area contributed by atoms with Crippen LogP contribution in [0.1, 0.15) is 30.4 Å². The maximum atomic E-state index is 14.1. The van der Waals surface area contributed by atoms with Crippen molar-refractivity contribution in [1.82, 2.24) is 5.43 Å². The molecule has 1 aliphatic carbocycles. The van der Waals surface area contributed by atoms with Crippen LogP contribution in [0.25, 0.3) is 0 Å². The number of anilines is 1. The lowest BCUT2D eigenvalue weighted by molar-refractivity contribution is -0.275. The predicted octanol–water partition coefficient (Wildman–Crippen LogP) is 6.22. The Labute approximate surface area is 194 Å². The Hall–Kier alpha value is -2.23. The summed E-state index contributed by atoms with van der Waals surface area (Å²) in [6.45, 7) is 0. The molecule has 0 spiro atoms. The topological polar surface area (TPSA) is 62.7 Å². The quantitative estimate of drug-likeness (QED) is 0.285. The highest BCUT2D eigenvalue weighted by Crippen LogP contribution is 2.50. The maximum Gasteiger partial charge on any atom is 0.435 e. The molecule has 1 atom stereocenters. The van der Waals surface area contributed by atoms with E-state index in [4.69, 9.17) is 39.6 Å². The number of hydrazine groups is 1. The van der Waals surface area contributed by atoms with E-state index >= 15 is 0 Å². The predicted molar refractivity (Wildman–Crippen MR) is 112 cm³/mol. The van der Waals surface area contributed by atoms with Gasteiger partial charge in [-0.25, -0.2) is 4.39 Å². The van der Waals surface area contributed by atoms with Crippen molar-refractivity contribution in [1.29, 1.82) is 0 Å². The Kier molecular flexibility index (Phi) is 5.94. The van der Waals surface area contributed by atoms with Gasteiger partial charge in [-0.15, -0.1) is 0 Å². The van der Waals surface area contributed by atoms with E-state index in [2.05, 4.69) is 16.0 Å². The Morgan fingerprint density at radius 3 is 2.34 bits per heavy atom. The third-order valence-corrected chi connectivity index (χ3v) is 6.08. The Morgan fingerprint density at radius 2 is 1.75 bits per heavy atom. The van der Waals surface area contributed by atoms with E-state index in [0.29, 0.717) is 0 Å². The van der Waals surface area contributed by atoms with Crippen LogP contribution in [0.15, 0.2) is 35.5 Å². The average Bonchev–Trinajstić information content (AvgIpc) is 3.48. The van der Waals surface area contributed by atoms with Gasteiger partial charge >= 0.3 is 6.18 Å². The molecule has 1 heterocycles. The summed E-state index contributed by atoms with van der Waals surface area (Å²) in [7, 11) is 0. The molecule has 2 N–H and O–H groups in total. The zero-order valence-electron chi connectivity index (χ0n) is 16.0. The van der Waals surface area contributed by atoms with Gasteiger partial charge in [0.05, 0.1) is 26.5 Å². The molecule has 1 unspecified atom stereocenters. The van der Waals surface area contributed by atoms with Gasteiger partial charge < -0.3 is 4.84 Å². The normalized spacial score (nSPS) is 20.5. The fourth-order valence-electron chi connectivity index (χ4n) is 3.22. The molecular weight excluding hydrogens is 497 g/mol. The van der Waals surface area contributed by atoms with E-state index in [9.17, 15) is 22.4 Å². The lowest BCUT2D eigenvalue weighted by Gasteiger charge is -2.29. The Bertz CT molecular complexity index is 1100. The van der Waals surface area contributed by atoms with Crippen LogP contribution in [-0.2, 0) is 15.2 Å². The fraction of sp³-hybridized carbons (Fsp3) is 0.300. The van der Waals surface area contributed by atoms with Crippen LogP contribution in [-0.4, -0.2) is 17.8 Å². The molecule has 0 saturated heterocycles. The number of oxime groups is 1. The fourth-order valence-corrected chi connectivity index (χ4v) is 3.88. The molecule has 2 aromatic carbocycles. The molecule has 5 nitrogen and oxygen atoms in total. The molecule has 1 fully saturated rings. The lowest BCUT2D eigenvalue weighted by Crippen LogP contribution is -2.42. The van der Waals surface area contributed by atoms with Gasteiger partial charge in [0.25, 0.3) is 5.60 Å². The van der Waals surface area contributed by atoms with E-state index < -0.39 is 39.6 Å². The van der Waals surface area contributed by atoms with Crippen LogP contribution in [0.3, 0.4) is 0 Å². The van der Waals surface area contributed by atoms with Crippen molar-refractivity contribution in [2.45, 2.75) is 31.0 Å². The second kappa shape index (κ2) is 8.28. The number of carbonyl (C=O) groups excluding carboxylic acids is 1. The molecule has 1 saturated carbocycles. The summed E-state index contributed by atoms with van der Waals surface area (Å²) in [5.41, 5.74) is 2.32. The van der Waals surface area contributed by atoms with Crippen molar-refractivity contribution >= 4 is 52.1 Å². The smallest absolute Gasteiger partial charge is 0.374 e. The first-order valence-electron chi connectivity index (χ1n) is 9.34. The summed E-state index contributed by atoms with van der Waals surface area (Å²) in [5.74, 6) is -1.29. The molecular formula is C20H14Cl3F4N3O2. The number of alkyl halides is 3. The molecule has 12 heteroatoms. The molecule has 1 aliphatic heterocycles. The standard InChI is InChI=1S/C20H14Cl3F4N3O2/c21-12-4-3-10(5-15(12)28-29-18(31)9-1-2-9)16-8-19(32-30-16,20(25,26)27)11-6-13(22)17(24)14(23)7-11/h3-7,9,28H,1-2,8H2,(H,29,31). The van der Waals surface area contributed by atoms with Crippen LogP contribution in [0, 0.1) is 11.7 Å². The summed E-state index contributed by atoms with van der Waals surface area (Å²) in [5, 5.41) is 2.74. The van der Waals surface area contributed by atoms with Gasteiger partial charge in [-0.1, -0.05) is 46.0 Å². The summed E-state index contributed by atoms with van der Waals surface area (Å²) < 4.78 is 56.2. The van der Waals surface area contributed by atoms with Crippen LogP contribution in [0.5, 0.6) is 0 Å². The van der Waals surface area contributed by atoms with Crippen molar-refractivity contribution in [3.05, 3.63) is 62.3 Å². The third-order valence-electron chi connectivity index (χ3n) is 5.20. The van der Waals surface area contributed by atoms with Gasteiger partial charge in [-0.3, -0.25) is 15.6 Å². The minimum Gasteiger partial charge on any atom is -0.374 e. The van der Waals surface area contributed by atoms with E-state index in [1.165, 1.54) is 18.2 Å². The summed E-state index contributed by atoms with van der Waals surface area (Å²) in [4.78, 5) is 16.7. The van der Waals surface area contributed by atoms with Crippen LogP contribution in [0.2, 0.25) is 15.1 Å². The first-order chi connectivity index (χ1) is 15.0. The average molecular weight is 511 g/mol. The van der Waals surface area contributed by atoms with Crippen LogP contribution >= 0.6 is 34.8 Å². The minimum absolute atomic E-state index is 0.0351. The maximum absolute atomic E-state index is 14.1. The third kappa shape index (κ3) is 4.21. The Balaban J connectivity index is 1.62. The molecule has 170 valence electrons. The minimum atomic E-state index is -4.92. The van der Waals surface area contributed by atoms with Crippen molar-refractivity contribution in [2.24, 2.45) is 11.1 Å². The number of nitrogens with one attached hydrogen (secondary N) is 2. The highest BCUT2D eigenvalue weighted by atomic mass is 35.5. The first kappa shape index (κ1) is 22.9. The SMILES string of the molecule is O=C(NNc1cc(C2=NOC(c3cc(Cl)c(F)c(Cl)c3)(C(F)(F)F)C2)ccc1Cl)C1CC1. The van der Waals surface area contributed by atoms with Gasteiger partial charge in [0.2, 0.25) is 5.91 Å². The number of nitrogens with zero attached hydrogens (tertiary/aromatic N) is 1. The van der Waals surface area contributed by atoms with E-state index in [1.807, 2.05) is 0 Å². The van der Waals surface area contributed by atoms with E-state index in [1.54, 1.807) is 0 Å². The van der Waals surface area contributed by atoms with Gasteiger partial charge in [0, 0.05) is 23.5 Å². The summed E-state index contributed by atoms with van der Waals surface area (Å²) in [6, 6.07) is 5.99.